The Labute approximate surface area is 123 Å². The maximum atomic E-state index is 2.42. The van der Waals surface area contributed by atoms with Gasteiger partial charge in [-0.3, -0.25) is 0 Å². The van der Waals surface area contributed by atoms with E-state index in [-0.39, 0.29) is 0 Å². The van der Waals surface area contributed by atoms with Crippen LogP contribution in [-0.4, -0.2) is 0 Å². The number of halogens is 2. The zero-order chi connectivity index (χ0) is 11.1. The van der Waals surface area contributed by atoms with E-state index in [1.807, 2.05) is 0 Å². The molecule has 0 radical (unpaired) electrons. The van der Waals surface area contributed by atoms with Gasteiger partial charge in [-0.2, -0.15) is 0 Å². The van der Waals surface area contributed by atoms with Gasteiger partial charge in [0.05, 0.1) is 0 Å². The van der Waals surface area contributed by atoms with Crippen LogP contribution >= 0.6 is 45.2 Å². The summed E-state index contributed by atoms with van der Waals surface area (Å²) in [6.07, 6.45) is 5.27. The fourth-order valence-electron chi connectivity index (χ4n) is 2.48. The molecule has 0 bridgehead atoms. The van der Waals surface area contributed by atoms with Crippen molar-refractivity contribution >= 4 is 56.0 Å². The van der Waals surface area contributed by atoms with Gasteiger partial charge in [-0.1, -0.05) is 12.1 Å². The molecule has 0 saturated carbocycles. The first-order valence-corrected chi connectivity index (χ1v) is 7.80. The number of benzene rings is 2. The van der Waals surface area contributed by atoms with Gasteiger partial charge in [0.15, 0.2) is 0 Å². The summed E-state index contributed by atoms with van der Waals surface area (Å²) in [6.45, 7) is 0. The zero-order valence-corrected chi connectivity index (χ0v) is 13.2. The Morgan fingerprint density at radius 1 is 0.688 bits per heavy atom. The molecule has 0 saturated heterocycles. The maximum absolute atomic E-state index is 2.42. The van der Waals surface area contributed by atoms with Gasteiger partial charge in [-0.05, 0) is 105 Å². The molecule has 0 atom stereocenters. The van der Waals surface area contributed by atoms with Crippen LogP contribution in [0.15, 0.2) is 24.3 Å². The Balaban J connectivity index is 2.27. The highest BCUT2D eigenvalue weighted by atomic mass is 127. The molecule has 0 aromatic heterocycles. The molecule has 1 aliphatic carbocycles. The quantitative estimate of drug-likeness (QED) is 0.517. The van der Waals surface area contributed by atoms with Gasteiger partial charge in [0.25, 0.3) is 0 Å². The van der Waals surface area contributed by atoms with E-state index in [1.54, 1.807) is 11.1 Å². The maximum Gasteiger partial charge on any atom is 0.0270 e. The molecule has 16 heavy (non-hydrogen) atoms. The number of aryl methyl sites for hydroxylation is 2. The van der Waals surface area contributed by atoms with Crippen molar-refractivity contribution in [3.63, 3.8) is 0 Å². The molecule has 2 aromatic carbocycles. The van der Waals surface area contributed by atoms with Crippen LogP contribution in [0.2, 0.25) is 0 Å². The molecular weight excluding hydrogens is 422 g/mol. The predicted octanol–water partition coefficient (Wildman–Crippen LogP) is 4.93. The van der Waals surface area contributed by atoms with Crippen molar-refractivity contribution in [3.05, 3.63) is 42.5 Å². The Hall–Kier alpha value is 0.160. The third-order valence-electron chi connectivity index (χ3n) is 3.34. The van der Waals surface area contributed by atoms with Gasteiger partial charge in [-0.25, -0.2) is 0 Å². The molecule has 0 heterocycles. The summed E-state index contributed by atoms with van der Waals surface area (Å²) in [6, 6.07) is 9.43. The summed E-state index contributed by atoms with van der Waals surface area (Å²) in [4.78, 5) is 0. The number of hydrogen-bond acceptors (Lipinski definition) is 0. The average molecular weight is 434 g/mol. The smallest absolute Gasteiger partial charge is 0.0270 e. The minimum absolute atomic E-state index is 1.27. The van der Waals surface area contributed by atoms with Crippen LogP contribution in [0, 0.1) is 7.14 Å². The molecule has 2 aromatic rings. The van der Waals surface area contributed by atoms with E-state index in [2.05, 4.69) is 69.4 Å². The van der Waals surface area contributed by atoms with Gasteiger partial charge in [-0.15, -0.1) is 0 Å². The summed E-state index contributed by atoms with van der Waals surface area (Å²) in [5, 5.41) is 2.82. The topological polar surface area (TPSA) is 0 Å². The van der Waals surface area contributed by atoms with Crippen molar-refractivity contribution in [2.24, 2.45) is 0 Å². The highest BCUT2D eigenvalue weighted by Gasteiger charge is 2.10. The Bertz CT molecular complexity index is 508. The third-order valence-corrected chi connectivity index (χ3v) is 6.16. The van der Waals surface area contributed by atoms with E-state index >= 15 is 0 Å². The second kappa shape index (κ2) is 4.44. The summed E-state index contributed by atoms with van der Waals surface area (Å²) < 4.78 is 2.72. The van der Waals surface area contributed by atoms with Crippen molar-refractivity contribution in [1.29, 1.82) is 0 Å². The van der Waals surface area contributed by atoms with E-state index in [1.165, 1.54) is 43.6 Å². The lowest BCUT2D eigenvalue weighted by atomic mass is 9.89. The standard InChI is InChI=1S/C14H12I2/c15-13-7-11-5-9-3-1-2-4-10(9)6-12(11)8-14(13)16/h5-8H,1-4H2. The Morgan fingerprint density at radius 2 is 1.12 bits per heavy atom. The Morgan fingerprint density at radius 3 is 1.56 bits per heavy atom. The van der Waals surface area contributed by atoms with Crippen LogP contribution in [0.3, 0.4) is 0 Å². The van der Waals surface area contributed by atoms with E-state index < -0.39 is 0 Å². The second-order valence-electron chi connectivity index (χ2n) is 4.44. The van der Waals surface area contributed by atoms with Crippen molar-refractivity contribution in [1.82, 2.24) is 0 Å². The van der Waals surface area contributed by atoms with E-state index in [9.17, 15) is 0 Å². The molecule has 0 amide bonds. The van der Waals surface area contributed by atoms with Crippen LogP contribution in [-0.2, 0) is 12.8 Å². The minimum Gasteiger partial charge on any atom is -0.0508 e. The summed E-state index contributed by atoms with van der Waals surface area (Å²) in [5.74, 6) is 0. The molecule has 0 spiro atoms. The molecule has 82 valence electrons. The minimum atomic E-state index is 1.27. The lowest BCUT2D eigenvalue weighted by Crippen LogP contribution is -2.02. The Kier molecular flexibility index (Phi) is 3.13. The molecule has 0 fully saturated rings. The lowest BCUT2D eigenvalue weighted by molar-refractivity contribution is 0.687. The zero-order valence-electron chi connectivity index (χ0n) is 8.89. The lowest BCUT2D eigenvalue weighted by Gasteiger charge is -2.16. The summed E-state index contributed by atoms with van der Waals surface area (Å²) in [7, 11) is 0. The first kappa shape index (κ1) is 11.3. The summed E-state index contributed by atoms with van der Waals surface area (Å²) in [5.41, 5.74) is 3.16. The molecule has 0 nitrogen and oxygen atoms in total. The van der Waals surface area contributed by atoms with Crippen LogP contribution < -0.4 is 0 Å². The van der Waals surface area contributed by atoms with Crippen molar-refractivity contribution in [2.45, 2.75) is 25.7 Å². The van der Waals surface area contributed by atoms with Gasteiger partial charge in [0.2, 0.25) is 0 Å². The largest absolute Gasteiger partial charge is 0.0508 e. The van der Waals surface area contributed by atoms with E-state index in [0.29, 0.717) is 0 Å². The SMILES string of the molecule is Ic1cc2cc3c(cc2cc1I)CCCC3. The van der Waals surface area contributed by atoms with E-state index in [0.717, 1.165) is 0 Å². The first-order chi connectivity index (χ1) is 7.74. The van der Waals surface area contributed by atoms with Crippen molar-refractivity contribution < 1.29 is 0 Å². The fourth-order valence-corrected chi connectivity index (χ4v) is 3.47. The van der Waals surface area contributed by atoms with Gasteiger partial charge in [0, 0.05) is 7.14 Å². The normalized spacial score (nSPS) is 15.1. The van der Waals surface area contributed by atoms with Crippen LogP contribution in [0.25, 0.3) is 10.8 Å². The molecular formula is C14H12I2. The molecule has 0 unspecified atom stereocenters. The average Bonchev–Trinajstić information content (AvgIpc) is 2.28. The predicted molar refractivity (Wildman–Crippen MR) is 86.0 cm³/mol. The van der Waals surface area contributed by atoms with Gasteiger partial charge >= 0.3 is 0 Å². The molecule has 0 aliphatic heterocycles. The molecule has 1 aliphatic rings. The van der Waals surface area contributed by atoms with E-state index in [4.69, 9.17) is 0 Å². The number of rotatable bonds is 0. The summed E-state index contributed by atoms with van der Waals surface area (Å²) >= 11 is 4.84. The van der Waals surface area contributed by atoms with Gasteiger partial charge < -0.3 is 0 Å². The van der Waals surface area contributed by atoms with Crippen molar-refractivity contribution in [2.75, 3.05) is 0 Å². The van der Waals surface area contributed by atoms with Crippen LogP contribution in [0.4, 0.5) is 0 Å². The first-order valence-electron chi connectivity index (χ1n) is 5.64. The van der Waals surface area contributed by atoms with Crippen LogP contribution in [0.5, 0.6) is 0 Å². The molecule has 0 N–H and O–H groups in total. The monoisotopic (exact) mass is 434 g/mol. The van der Waals surface area contributed by atoms with Gasteiger partial charge in [0.1, 0.15) is 0 Å². The fraction of sp³-hybridized carbons (Fsp3) is 0.286. The number of hydrogen-bond donors (Lipinski definition) is 0. The van der Waals surface area contributed by atoms with Crippen LogP contribution in [0.1, 0.15) is 24.0 Å². The van der Waals surface area contributed by atoms with Crippen molar-refractivity contribution in [3.8, 4) is 0 Å². The highest BCUT2D eigenvalue weighted by Crippen LogP contribution is 2.29. The molecule has 3 rings (SSSR count). The number of fused-ring (bicyclic) bond motifs is 2. The molecule has 2 heteroatoms. The second-order valence-corrected chi connectivity index (χ2v) is 6.77. The third kappa shape index (κ3) is 1.98. The highest BCUT2D eigenvalue weighted by molar-refractivity contribution is 14.1.